The van der Waals surface area contributed by atoms with Crippen LogP contribution in [0.25, 0.3) is 0 Å². The van der Waals surface area contributed by atoms with Crippen LogP contribution < -0.4 is 29.6 Å². The van der Waals surface area contributed by atoms with Crippen molar-refractivity contribution in [1.82, 2.24) is 0 Å². The molecule has 0 radical (unpaired) electrons. The molecule has 0 aliphatic rings. The van der Waals surface area contributed by atoms with Crippen LogP contribution >= 0.6 is 5.24 Å². The van der Waals surface area contributed by atoms with Gasteiger partial charge in [0.15, 0.2) is 0 Å². The van der Waals surface area contributed by atoms with Crippen molar-refractivity contribution in [2.75, 3.05) is 0 Å². The largest absolute Gasteiger partial charge is 1.00 e. The molecule has 0 saturated carbocycles. The molecule has 56 valence electrons. The molecule has 0 unspecified atom stereocenters. The molecule has 0 heterocycles. The van der Waals surface area contributed by atoms with Crippen LogP contribution in [0.5, 0.6) is 0 Å². The summed E-state index contributed by atoms with van der Waals surface area (Å²) in [5.74, 6) is 0. The minimum Gasteiger partial charge on any atom is -0.746 e. The van der Waals surface area contributed by atoms with Crippen molar-refractivity contribution in [3.8, 4) is 0 Å². The van der Waals surface area contributed by atoms with Gasteiger partial charge in [-0.15, -0.1) is 11.8 Å². The molecule has 0 bridgehead atoms. The predicted molar refractivity (Wildman–Crippen MR) is 51.9 cm³/mol. The molecule has 0 nitrogen and oxygen atoms in total. The van der Waals surface area contributed by atoms with Gasteiger partial charge < -0.3 is 12.2 Å². The van der Waals surface area contributed by atoms with Gasteiger partial charge in [-0.05, 0) is 11.3 Å². The summed E-state index contributed by atoms with van der Waals surface area (Å²) in [6.45, 7) is 8.53. The van der Waals surface area contributed by atoms with Crippen molar-refractivity contribution in [2.24, 2.45) is 0 Å². The van der Waals surface area contributed by atoms with Crippen molar-refractivity contribution >= 4 is 29.3 Å². The maximum absolute atomic E-state index is 5.32. The van der Waals surface area contributed by atoms with Crippen molar-refractivity contribution in [2.45, 2.75) is 39.0 Å². The van der Waals surface area contributed by atoms with Crippen LogP contribution in [0.4, 0.5) is 0 Å². The zero-order valence-electron chi connectivity index (χ0n) is 7.42. The molecule has 0 rings (SSSR count). The fourth-order valence-electron chi connectivity index (χ4n) is 0.596. The smallest absolute Gasteiger partial charge is 0.746 e. The molecule has 0 aliphatic carbocycles. The van der Waals surface area contributed by atoms with Gasteiger partial charge in [-0.3, -0.25) is 0 Å². The summed E-state index contributed by atoms with van der Waals surface area (Å²) in [7, 11) is 0. The van der Waals surface area contributed by atoms with E-state index in [-0.39, 0.29) is 29.6 Å². The molecule has 0 spiro atoms. The van der Waals surface area contributed by atoms with Gasteiger partial charge in [-0.2, -0.15) is 5.24 Å². The summed E-state index contributed by atoms with van der Waals surface area (Å²) in [5.41, 5.74) is 1.06. The van der Waals surface area contributed by atoms with E-state index in [2.05, 4.69) is 27.7 Å². The van der Waals surface area contributed by atoms with E-state index in [4.69, 9.17) is 24.1 Å². The third-order valence-corrected chi connectivity index (χ3v) is 9.38. The Morgan fingerprint density at radius 1 is 1.10 bits per heavy atom. The molecule has 0 aliphatic heterocycles. The Morgan fingerprint density at radius 3 is 1.30 bits per heavy atom. The van der Waals surface area contributed by atoms with Gasteiger partial charge in [0.2, 0.25) is 0 Å². The minimum atomic E-state index is -1.42. The molecule has 0 aromatic heterocycles. The molecular weight excluding hydrogens is 190 g/mol. The summed E-state index contributed by atoms with van der Waals surface area (Å²) in [6.07, 6.45) is 0. The fraction of sp³-hybridized carbons (Fsp3) is 1.00. The second-order valence-corrected chi connectivity index (χ2v) is 10.5. The molecule has 0 saturated heterocycles. The third-order valence-electron chi connectivity index (χ3n) is 1.44. The third kappa shape index (κ3) is 4.13. The summed E-state index contributed by atoms with van der Waals surface area (Å²) in [6, 6.07) is 0. The maximum atomic E-state index is 5.32. The average molecular weight is 204 g/mol. The van der Waals surface area contributed by atoms with Crippen LogP contribution in [0.15, 0.2) is 0 Å². The zero-order chi connectivity index (χ0) is 7.65. The normalized spacial score (nSPS) is 11.9. The molecule has 0 amide bonds. The average Bonchev–Trinajstić information content (AvgIpc) is 1.65. The first-order valence-corrected chi connectivity index (χ1v) is 7.14. The van der Waals surface area contributed by atoms with Crippen molar-refractivity contribution in [3.05, 3.63) is 0 Å². The van der Waals surface area contributed by atoms with E-state index in [9.17, 15) is 0 Å². The topological polar surface area (TPSA) is 0 Å². The van der Waals surface area contributed by atoms with Crippen LogP contribution in [0.3, 0.4) is 0 Å². The van der Waals surface area contributed by atoms with E-state index in [0.717, 1.165) is 0 Å². The zero-order valence-corrected chi connectivity index (χ0v) is 11.9. The SMILES string of the molecule is CC(C)P(=S)([S-])C(C)C.[Na+]. The number of hydrogen-bond donors (Lipinski definition) is 0. The van der Waals surface area contributed by atoms with Crippen LogP contribution in [-0.2, 0) is 24.1 Å². The molecule has 4 heteroatoms. The Kier molecular flexibility index (Phi) is 8.15. The van der Waals surface area contributed by atoms with Gasteiger partial charge in [0.25, 0.3) is 0 Å². The second-order valence-electron chi connectivity index (χ2n) is 2.83. The molecule has 0 atom stereocenters. The Morgan fingerprint density at radius 2 is 1.30 bits per heavy atom. The standard InChI is InChI=1S/C6H15PS2.Na/c1-5(2)7(8,9)6(3)4;/h5-6H,1-4H3,(H,8,9);/q;+1/p-1. The predicted octanol–water partition coefficient (Wildman–Crippen LogP) is -0.251. The second kappa shape index (κ2) is 5.61. The first-order chi connectivity index (χ1) is 3.89. The minimum absolute atomic E-state index is 0. The molecule has 0 N–H and O–H groups in total. The van der Waals surface area contributed by atoms with Crippen molar-refractivity contribution in [3.63, 3.8) is 0 Å². The molecule has 0 aromatic carbocycles. The Bertz CT molecular complexity index is 122. The van der Waals surface area contributed by atoms with Gasteiger partial charge in [0.05, 0.1) is 0 Å². The Balaban J connectivity index is 0. The van der Waals surface area contributed by atoms with E-state index >= 15 is 0 Å². The fourth-order valence-corrected chi connectivity index (χ4v) is 1.79. The Hall–Kier alpha value is 2.00. The summed E-state index contributed by atoms with van der Waals surface area (Å²) >= 11 is 10.6. The number of rotatable bonds is 2. The van der Waals surface area contributed by atoms with E-state index in [0.29, 0.717) is 11.3 Å². The van der Waals surface area contributed by atoms with E-state index in [1.807, 2.05) is 0 Å². The van der Waals surface area contributed by atoms with Crippen LogP contribution in [0.2, 0.25) is 0 Å². The molecule has 10 heavy (non-hydrogen) atoms. The van der Waals surface area contributed by atoms with E-state index in [1.54, 1.807) is 0 Å². The number of hydrogen-bond acceptors (Lipinski definition) is 2. The van der Waals surface area contributed by atoms with Crippen molar-refractivity contribution < 1.29 is 29.6 Å². The van der Waals surface area contributed by atoms with Crippen LogP contribution in [-0.4, -0.2) is 11.3 Å². The molecular formula is C6H14NaPS2. The quantitative estimate of drug-likeness (QED) is 0.345. The van der Waals surface area contributed by atoms with E-state index in [1.165, 1.54) is 0 Å². The van der Waals surface area contributed by atoms with Crippen LogP contribution in [0.1, 0.15) is 27.7 Å². The van der Waals surface area contributed by atoms with Gasteiger partial charge in [0, 0.05) is 0 Å². The molecule has 0 fully saturated rings. The summed E-state index contributed by atoms with van der Waals surface area (Å²) in [5, 5.41) is -1.42. The van der Waals surface area contributed by atoms with Gasteiger partial charge >= 0.3 is 29.6 Å². The maximum Gasteiger partial charge on any atom is 1.00 e. The summed E-state index contributed by atoms with van der Waals surface area (Å²) < 4.78 is 0. The van der Waals surface area contributed by atoms with Gasteiger partial charge in [-0.1, -0.05) is 27.7 Å². The van der Waals surface area contributed by atoms with Gasteiger partial charge in [-0.25, -0.2) is 0 Å². The monoisotopic (exact) mass is 204 g/mol. The van der Waals surface area contributed by atoms with Crippen LogP contribution in [0, 0.1) is 0 Å². The first kappa shape index (κ1) is 14.5. The van der Waals surface area contributed by atoms with Gasteiger partial charge in [0.1, 0.15) is 0 Å². The summed E-state index contributed by atoms with van der Waals surface area (Å²) in [4.78, 5) is 0. The van der Waals surface area contributed by atoms with E-state index < -0.39 is 5.24 Å². The Labute approximate surface area is 97.0 Å². The molecule has 0 aromatic rings. The first-order valence-electron chi connectivity index (χ1n) is 3.19. The van der Waals surface area contributed by atoms with Crippen molar-refractivity contribution in [1.29, 1.82) is 0 Å².